The highest BCUT2D eigenvalue weighted by Gasteiger charge is 2.28. The van der Waals surface area contributed by atoms with Crippen LogP contribution in [0.5, 0.6) is 0 Å². The molecule has 1 aliphatic heterocycles. The third-order valence-electron chi connectivity index (χ3n) is 2.49. The molecule has 0 spiro atoms. The van der Waals surface area contributed by atoms with Gasteiger partial charge in [0.05, 0.1) is 12.2 Å². The van der Waals surface area contributed by atoms with Crippen molar-refractivity contribution in [1.82, 2.24) is 19.7 Å². The molecule has 6 nitrogen and oxygen atoms in total. The van der Waals surface area contributed by atoms with E-state index in [1.165, 1.54) is 17.3 Å². The molecule has 1 atom stereocenters. The number of rotatable bonds is 2. The number of amides is 1. The van der Waals surface area contributed by atoms with E-state index in [4.69, 9.17) is 4.74 Å². The van der Waals surface area contributed by atoms with E-state index >= 15 is 0 Å². The number of nitrogens with zero attached hydrogens (tertiary/aromatic N) is 4. The highest BCUT2D eigenvalue weighted by Crippen LogP contribution is 2.15. The fourth-order valence-electron chi connectivity index (χ4n) is 1.85. The van der Waals surface area contributed by atoms with Crippen LogP contribution in [0.2, 0.25) is 0 Å². The number of hydrogen-bond donors (Lipinski definition) is 0. The second-order valence-corrected chi connectivity index (χ2v) is 4.16. The summed E-state index contributed by atoms with van der Waals surface area (Å²) in [5.74, 6) is 0. The monoisotopic (exact) mass is 224 g/mol. The normalized spacial score (nSPS) is 20.7. The lowest BCUT2D eigenvalue weighted by atomic mass is 10.3. The molecule has 2 heterocycles. The average Bonchev–Trinajstić information content (AvgIpc) is 2.84. The Balaban J connectivity index is 1.91. The summed E-state index contributed by atoms with van der Waals surface area (Å²) in [7, 11) is 0. The number of ether oxygens (including phenoxy) is 1. The van der Waals surface area contributed by atoms with Gasteiger partial charge in [-0.25, -0.2) is 9.78 Å². The molecule has 1 aliphatic rings. The van der Waals surface area contributed by atoms with Crippen LogP contribution in [0.15, 0.2) is 12.7 Å². The quantitative estimate of drug-likeness (QED) is 0.743. The Morgan fingerprint density at radius 2 is 2.38 bits per heavy atom. The summed E-state index contributed by atoms with van der Waals surface area (Å²) in [5, 5.41) is 3.82. The Kier molecular flexibility index (Phi) is 3.19. The summed E-state index contributed by atoms with van der Waals surface area (Å²) in [4.78, 5) is 17.4. The Morgan fingerprint density at radius 1 is 1.56 bits per heavy atom. The van der Waals surface area contributed by atoms with Gasteiger partial charge in [-0.3, -0.25) is 0 Å². The van der Waals surface area contributed by atoms with Crippen molar-refractivity contribution in [1.29, 1.82) is 0 Å². The van der Waals surface area contributed by atoms with Crippen LogP contribution in [0, 0.1) is 0 Å². The van der Waals surface area contributed by atoms with Crippen LogP contribution in [-0.4, -0.2) is 51.0 Å². The molecule has 0 aromatic carbocycles. The van der Waals surface area contributed by atoms with E-state index in [1.807, 2.05) is 13.8 Å². The molecule has 0 radical (unpaired) electrons. The first-order valence-electron chi connectivity index (χ1n) is 5.46. The van der Waals surface area contributed by atoms with E-state index in [-0.39, 0.29) is 18.2 Å². The molecule has 1 amide bonds. The SMILES string of the molecule is CC(C)OC1CCN(C(=O)n2cncn2)C1. The molecule has 1 unspecified atom stereocenters. The van der Waals surface area contributed by atoms with Gasteiger partial charge in [-0.15, -0.1) is 0 Å². The molecule has 1 aromatic rings. The molecular weight excluding hydrogens is 208 g/mol. The number of aromatic nitrogens is 3. The zero-order valence-electron chi connectivity index (χ0n) is 9.54. The van der Waals surface area contributed by atoms with E-state index in [0.717, 1.165) is 13.0 Å². The summed E-state index contributed by atoms with van der Waals surface area (Å²) in [6, 6.07) is -0.132. The second-order valence-electron chi connectivity index (χ2n) is 4.16. The average molecular weight is 224 g/mol. The molecule has 0 bridgehead atoms. The van der Waals surface area contributed by atoms with Crippen molar-refractivity contribution >= 4 is 6.03 Å². The van der Waals surface area contributed by atoms with Crippen molar-refractivity contribution in [2.45, 2.75) is 32.5 Å². The standard InChI is InChI=1S/C10H16N4O2/c1-8(2)16-9-3-4-13(5-9)10(15)14-7-11-6-12-14/h6-9H,3-5H2,1-2H3. The predicted molar refractivity (Wildman–Crippen MR) is 57.0 cm³/mol. The molecule has 1 fully saturated rings. The first-order chi connectivity index (χ1) is 7.66. The zero-order chi connectivity index (χ0) is 11.5. The lowest BCUT2D eigenvalue weighted by molar-refractivity contribution is 0.0157. The van der Waals surface area contributed by atoms with Crippen molar-refractivity contribution in [3.8, 4) is 0 Å². The predicted octanol–water partition coefficient (Wildman–Crippen LogP) is 0.746. The van der Waals surface area contributed by atoms with Crippen molar-refractivity contribution < 1.29 is 9.53 Å². The van der Waals surface area contributed by atoms with Crippen molar-refractivity contribution in [3.05, 3.63) is 12.7 Å². The van der Waals surface area contributed by atoms with Gasteiger partial charge >= 0.3 is 6.03 Å². The molecule has 0 N–H and O–H groups in total. The third-order valence-corrected chi connectivity index (χ3v) is 2.49. The van der Waals surface area contributed by atoms with Crippen molar-refractivity contribution in [2.75, 3.05) is 13.1 Å². The number of carbonyl (C=O) groups excluding carboxylic acids is 1. The van der Waals surface area contributed by atoms with E-state index in [9.17, 15) is 4.79 Å². The third kappa shape index (κ3) is 2.38. The van der Waals surface area contributed by atoms with Crippen LogP contribution >= 0.6 is 0 Å². The fourth-order valence-corrected chi connectivity index (χ4v) is 1.85. The first-order valence-corrected chi connectivity index (χ1v) is 5.46. The van der Waals surface area contributed by atoms with Gasteiger partial charge in [0.2, 0.25) is 0 Å². The molecule has 16 heavy (non-hydrogen) atoms. The van der Waals surface area contributed by atoms with Gasteiger partial charge in [0.25, 0.3) is 0 Å². The highest BCUT2D eigenvalue weighted by atomic mass is 16.5. The smallest absolute Gasteiger partial charge is 0.346 e. The van der Waals surface area contributed by atoms with Crippen LogP contribution in [-0.2, 0) is 4.74 Å². The lowest BCUT2D eigenvalue weighted by Gasteiger charge is -2.17. The Morgan fingerprint density at radius 3 is 3.00 bits per heavy atom. The second kappa shape index (κ2) is 4.61. The van der Waals surface area contributed by atoms with Gasteiger partial charge in [-0.05, 0) is 20.3 Å². The van der Waals surface area contributed by atoms with Crippen molar-refractivity contribution in [3.63, 3.8) is 0 Å². The number of carbonyl (C=O) groups is 1. The minimum absolute atomic E-state index is 0.132. The summed E-state index contributed by atoms with van der Waals surface area (Å²) >= 11 is 0. The van der Waals surface area contributed by atoms with Crippen LogP contribution in [0.25, 0.3) is 0 Å². The van der Waals surface area contributed by atoms with E-state index in [2.05, 4.69) is 10.1 Å². The lowest BCUT2D eigenvalue weighted by Crippen LogP contribution is -2.34. The summed E-state index contributed by atoms with van der Waals surface area (Å²) < 4.78 is 6.92. The molecule has 88 valence electrons. The van der Waals surface area contributed by atoms with Gasteiger partial charge in [0.15, 0.2) is 0 Å². The van der Waals surface area contributed by atoms with Crippen LogP contribution in [0.4, 0.5) is 4.79 Å². The maximum absolute atomic E-state index is 11.9. The summed E-state index contributed by atoms with van der Waals surface area (Å²) in [6.45, 7) is 5.36. The number of likely N-dealkylation sites (tertiary alicyclic amines) is 1. The van der Waals surface area contributed by atoms with Crippen LogP contribution in [0.1, 0.15) is 20.3 Å². The Bertz CT molecular complexity index is 350. The first kappa shape index (κ1) is 11.1. The van der Waals surface area contributed by atoms with Gasteiger partial charge in [-0.1, -0.05) is 0 Å². The molecule has 0 aliphatic carbocycles. The maximum Gasteiger partial charge on any atom is 0.346 e. The van der Waals surface area contributed by atoms with Crippen molar-refractivity contribution in [2.24, 2.45) is 0 Å². The van der Waals surface area contributed by atoms with Crippen LogP contribution in [0.3, 0.4) is 0 Å². The van der Waals surface area contributed by atoms with Gasteiger partial charge < -0.3 is 9.64 Å². The Hall–Kier alpha value is -1.43. The zero-order valence-corrected chi connectivity index (χ0v) is 9.54. The largest absolute Gasteiger partial charge is 0.374 e. The van der Waals surface area contributed by atoms with E-state index < -0.39 is 0 Å². The van der Waals surface area contributed by atoms with Gasteiger partial charge in [0.1, 0.15) is 12.7 Å². The maximum atomic E-state index is 11.9. The molecule has 1 aromatic heterocycles. The van der Waals surface area contributed by atoms with Gasteiger partial charge in [-0.2, -0.15) is 9.78 Å². The minimum Gasteiger partial charge on any atom is -0.374 e. The number of hydrogen-bond acceptors (Lipinski definition) is 4. The molecule has 1 saturated heterocycles. The fraction of sp³-hybridized carbons (Fsp3) is 0.700. The topological polar surface area (TPSA) is 60.2 Å². The Labute approximate surface area is 94.2 Å². The summed E-state index contributed by atoms with van der Waals surface area (Å²) in [5.41, 5.74) is 0. The molecule has 0 saturated carbocycles. The molecular formula is C10H16N4O2. The van der Waals surface area contributed by atoms with E-state index in [1.54, 1.807) is 4.90 Å². The van der Waals surface area contributed by atoms with Gasteiger partial charge in [0, 0.05) is 13.1 Å². The molecule has 6 heteroatoms. The molecule has 2 rings (SSSR count). The van der Waals surface area contributed by atoms with E-state index in [0.29, 0.717) is 6.54 Å². The minimum atomic E-state index is -0.132. The summed E-state index contributed by atoms with van der Waals surface area (Å²) in [6.07, 6.45) is 4.01. The highest BCUT2D eigenvalue weighted by molar-refractivity contribution is 5.75. The van der Waals surface area contributed by atoms with Crippen LogP contribution < -0.4 is 0 Å².